The van der Waals surface area contributed by atoms with Crippen molar-refractivity contribution in [3.05, 3.63) is 0 Å². The number of nitrogens with one attached hydrogen (secondary N) is 1. The lowest BCUT2D eigenvalue weighted by Crippen LogP contribution is -2.50. The van der Waals surface area contributed by atoms with Crippen LogP contribution in [0.3, 0.4) is 0 Å². The van der Waals surface area contributed by atoms with Gasteiger partial charge < -0.3 is 4.90 Å². The maximum atomic E-state index is 12.6. The van der Waals surface area contributed by atoms with E-state index < -0.39 is 17.6 Å². The summed E-state index contributed by atoms with van der Waals surface area (Å²) in [4.78, 5) is 2.22. The third-order valence-electron chi connectivity index (χ3n) is 4.30. The van der Waals surface area contributed by atoms with E-state index >= 15 is 0 Å². The van der Waals surface area contributed by atoms with Gasteiger partial charge in [0.15, 0.2) is 0 Å². The van der Waals surface area contributed by atoms with E-state index in [0.29, 0.717) is 6.54 Å². The third kappa shape index (κ3) is 4.64. The SMILES string of the molecule is CCN(CC)CCNC1(C#N)CCC(C(F)(F)F)CC1. The standard InChI is InChI=1S/C14H24F3N3/c1-3-20(4-2)10-9-19-13(11-18)7-5-12(6-8-13)14(15,16)17/h12,19H,3-10H2,1-2H3. The van der Waals surface area contributed by atoms with Crippen molar-refractivity contribution in [2.24, 2.45) is 5.92 Å². The normalized spacial score (nSPS) is 27.6. The highest BCUT2D eigenvalue weighted by atomic mass is 19.4. The van der Waals surface area contributed by atoms with Crippen LogP contribution in [0.4, 0.5) is 13.2 Å². The Balaban J connectivity index is 2.45. The first-order valence-electron chi connectivity index (χ1n) is 7.32. The second kappa shape index (κ2) is 7.28. The molecule has 0 saturated heterocycles. The first-order valence-corrected chi connectivity index (χ1v) is 7.32. The van der Waals surface area contributed by atoms with Crippen molar-refractivity contribution < 1.29 is 13.2 Å². The molecule has 1 aliphatic rings. The maximum absolute atomic E-state index is 12.6. The fourth-order valence-electron chi connectivity index (χ4n) is 2.76. The highest BCUT2D eigenvalue weighted by molar-refractivity contribution is 5.09. The van der Waals surface area contributed by atoms with Gasteiger partial charge in [-0.15, -0.1) is 0 Å². The van der Waals surface area contributed by atoms with Crippen LogP contribution < -0.4 is 5.32 Å². The zero-order valence-electron chi connectivity index (χ0n) is 12.3. The van der Waals surface area contributed by atoms with E-state index in [2.05, 4.69) is 30.1 Å². The number of likely N-dealkylation sites (N-methyl/N-ethyl adjacent to an activating group) is 1. The monoisotopic (exact) mass is 291 g/mol. The number of hydrogen-bond donors (Lipinski definition) is 1. The van der Waals surface area contributed by atoms with Crippen molar-refractivity contribution in [1.82, 2.24) is 10.2 Å². The molecule has 0 aromatic heterocycles. The van der Waals surface area contributed by atoms with E-state index in [-0.39, 0.29) is 25.7 Å². The van der Waals surface area contributed by atoms with E-state index in [1.54, 1.807) is 0 Å². The highest BCUT2D eigenvalue weighted by Gasteiger charge is 2.45. The molecule has 0 aliphatic heterocycles. The summed E-state index contributed by atoms with van der Waals surface area (Å²) < 4.78 is 37.9. The van der Waals surface area contributed by atoms with Crippen LogP contribution in [-0.2, 0) is 0 Å². The van der Waals surface area contributed by atoms with E-state index in [0.717, 1.165) is 19.6 Å². The molecule has 0 aromatic rings. The molecule has 116 valence electrons. The zero-order valence-corrected chi connectivity index (χ0v) is 12.3. The van der Waals surface area contributed by atoms with Crippen molar-refractivity contribution in [2.45, 2.75) is 51.2 Å². The molecule has 0 spiro atoms. The van der Waals surface area contributed by atoms with Gasteiger partial charge in [-0.05, 0) is 38.8 Å². The minimum Gasteiger partial charge on any atom is -0.303 e. The average Bonchev–Trinajstić information content (AvgIpc) is 2.43. The number of alkyl halides is 3. The van der Waals surface area contributed by atoms with E-state index in [9.17, 15) is 18.4 Å². The van der Waals surface area contributed by atoms with Crippen molar-refractivity contribution in [3.63, 3.8) is 0 Å². The molecule has 0 heterocycles. The van der Waals surface area contributed by atoms with Gasteiger partial charge in [0.1, 0.15) is 5.54 Å². The molecule has 0 unspecified atom stereocenters. The summed E-state index contributed by atoms with van der Waals surface area (Å²) in [5.74, 6) is -1.24. The van der Waals surface area contributed by atoms with Gasteiger partial charge in [0.25, 0.3) is 0 Å². The molecule has 1 N–H and O–H groups in total. The summed E-state index contributed by atoms with van der Waals surface area (Å²) in [7, 11) is 0. The third-order valence-corrected chi connectivity index (χ3v) is 4.30. The number of rotatable bonds is 6. The smallest absolute Gasteiger partial charge is 0.303 e. The second-order valence-corrected chi connectivity index (χ2v) is 5.46. The summed E-state index contributed by atoms with van der Waals surface area (Å²) in [6, 6.07) is 2.20. The van der Waals surface area contributed by atoms with E-state index in [1.807, 2.05) is 0 Å². The number of nitriles is 1. The summed E-state index contributed by atoms with van der Waals surface area (Å²) in [5.41, 5.74) is -0.769. The Kier molecular flexibility index (Phi) is 6.28. The summed E-state index contributed by atoms with van der Waals surface area (Å²) in [5, 5.41) is 12.5. The largest absolute Gasteiger partial charge is 0.391 e. The van der Waals surface area contributed by atoms with Crippen LogP contribution in [0, 0.1) is 17.2 Å². The Morgan fingerprint density at radius 2 is 1.80 bits per heavy atom. The summed E-state index contributed by atoms with van der Waals surface area (Å²) in [6.07, 6.45) is -3.45. The van der Waals surface area contributed by atoms with Gasteiger partial charge in [-0.25, -0.2) is 0 Å². The Hall–Kier alpha value is -0.800. The molecule has 20 heavy (non-hydrogen) atoms. The predicted octanol–water partition coefficient (Wildman–Crippen LogP) is 2.93. The molecule has 1 rings (SSSR count). The zero-order chi connectivity index (χ0) is 15.2. The van der Waals surface area contributed by atoms with Crippen molar-refractivity contribution >= 4 is 0 Å². The van der Waals surface area contributed by atoms with Gasteiger partial charge in [0, 0.05) is 13.1 Å². The average molecular weight is 291 g/mol. The van der Waals surface area contributed by atoms with E-state index in [4.69, 9.17) is 0 Å². The molecular formula is C14H24F3N3. The van der Waals surface area contributed by atoms with Crippen LogP contribution in [0.1, 0.15) is 39.5 Å². The minimum absolute atomic E-state index is 0.0509. The van der Waals surface area contributed by atoms with Crippen LogP contribution >= 0.6 is 0 Å². The lowest BCUT2D eigenvalue weighted by atomic mass is 9.77. The highest BCUT2D eigenvalue weighted by Crippen LogP contribution is 2.40. The van der Waals surface area contributed by atoms with Crippen molar-refractivity contribution in [3.8, 4) is 6.07 Å². The van der Waals surface area contributed by atoms with Gasteiger partial charge in [-0.2, -0.15) is 18.4 Å². The van der Waals surface area contributed by atoms with Crippen molar-refractivity contribution in [2.75, 3.05) is 26.2 Å². The van der Waals surface area contributed by atoms with E-state index in [1.165, 1.54) is 0 Å². The molecule has 0 atom stereocenters. The molecule has 0 amide bonds. The fraction of sp³-hybridized carbons (Fsp3) is 0.929. The first kappa shape index (κ1) is 17.3. The van der Waals surface area contributed by atoms with Gasteiger partial charge in [-0.1, -0.05) is 13.8 Å². The Morgan fingerprint density at radius 3 is 2.20 bits per heavy atom. The van der Waals surface area contributed by atoms with Crippen LogP contribution in [0.5, 0.6) is 0 Å². The van der Waals surface area contributed by atoms with Crippen LogP contribution in [0.15, 0.2) is 0 Å². The van der Waals surface area contributed by atoms with Gasteiger partial charge >= 0.3 is 6.18 Å². The minimum atomic E-state index is -4.12. The molecule has 0 bridgehead atoms. The quantitative estimate of drug-likeness (QED) is 0.818. The molecule has 1 saturated carbocycles. The Morgan fingerprint density at radius 1 is 1.25 bits per heavy atom. The predicted molar refractivity (Wildman–Crippen MR) is 72.1 cm³/mol. The topological polar surface area (TPSA) is 39.1 Å². The number of nitrogens with zero attached hydrogens (tertiary/aromatic N) is 2. The molecule has 0 aromatic carbocycles. The summed E-state index contributed by atoms with van der Waals surface area (Å²) >= 11 is 0. The lowest BCUT2D eigenvalue weighted by Gasteiger charge is -2.36. The van der Waals surface area contributed by atoms with Crippen LogP contribution in [-0.4, -0.2) is 42.8 Å². The molecule has 3 nitrogen and oxygen atoms in total. The number of hydrogen-bond acceptors (Lipinski definition) is 3. The van der Waals surface area contributed by atoms with Gasteiger partial charge in [0.2, 0.25) is 0 Å². The second-order valence-electron chi connectivity index (χ2n) is 5.46. The number of halogens is 3. The van der Waals surface area contributed by atoms with Crippen molar-refractivity contribution in [1.29, 1.82) is 5.26 Å². The Bertz CT molecular complexity index is 324. The van der Waals surface area contributed by atoms with Gasteiger partial charge in [-0.3, -0.25) is 5.32 Å². The molecule has 6 heteroatoms. The van der Waals surface area contributed by atoms with Crippen LogP contribution in [0.25, 0.3) is 0 Å². The molecular weight excluding hydrogens is 267 g/mol. The molecule has 1 aliphatic carbocycles. The molecule has 0 radical (unpaired) electrons. The van der Waals surface area contributed by atoms with Crippen LogP contribution in [0.2, 0.25) is 0 Å². The molecule has 1 fully saturated rings. The summed E-state index contributed by atoms with van der Waals surface area (Å²) in [6.45, 7) is 7.48. The fourth-order valence-corrected chi connectivity index (χ4v) is 2.76. The Labute approximate surface area is 119 Å². The maximum Gasteiger partial charge on any atom is 0.391 e. The first-order chi connectivity index (χ1) is 9.37. The van der Waals surface area contributed by atoms with Gasteiger partial charge in [0.05, 0.1) is 12.0 Å². The lowest BCUT2D eigenvalue weighted by molar-refractivity contribution is -0.184.